The second-order valence-electron chi connectivity index (χ2n) is 4.05. The summed E-state index contributed by atoms with van der Waals surface area (Å²) in [5.74, 6) is 0.148. The predicted molar refractivity (Wildman–Crippen MR) is 65.6 cm³/mol. The van der Waals surface area contributed by atoms with Crippen LogP contribution in [0.4, 0.5) is 0 Å². The molecule has 0 aromatic heterocycles. The van der Waals surface area contributed by atoms with Crippen molar-refractivity contribution in [2.75, 3.05) is 0 Å². The molecule has 0 unspecified atom stereocenters. The van der Waals surface area contributed by atoms with E-state index >= 15 is 0 Å². The second-order valence-corrected chi connectivity index (χ2v) is 4.05. The van der Waals surface area contributed by atoms with E-state index in [1.54, 1.807) is 0 Å². The highest BCUT2D eigenvalue weighted by atomic mass is 16.3. The van der Waals surface area contributed by atoms with Crippen molar-refractivity contribution in [2.45, 2.75) is 6.92 Å². The third-order valence-corrected chi connectivity index (χ3v) is 3.13. The molecular formula is C15H11O-. The summed E-state index contributed by atoms with van der Waals surface area (Å²) < 4.78 is 0. The first-order chi connectivity index (χ1) is 7.79. The van der Waals surface area contributed by atoms with Crippen LogP contribution in [0.2, 0.25) is 0 Å². The number of fused-ring (bicyclic) bond motifs is 3. The van der Waals surface area contributed by atoms with Crippen LogP contribution in [-0.2, 0) is 0 Å². The largest absolute Gasteiger partial charge is 0.872 e. The minimum atomic E-state index is 0.148. The van der Waals surface area contributed by atoms with Crippen molar-refractivity contribution in [3.05, 3.63) is 54.1 Å². The zero-order chi connectivity index (χ0) is 11.1. The van der Waals surface area contributed by atoms with Gasteiger partial charge < -0.3 is 5.11 Å². The fourth-order valence-corrected chi connectivity index (χ4v) is 2.29. The van der Waals surface area contributed by atoms with Crippen LogP contribution < -0.4 is 5.11 Å². The molecule has 0 saturated heterocycles. The van der Waals surface area contributed by atoms with Crippen LogP contribution in [0.3, 0.4) is 0 Å². The average Bonchev–Trinajstić information content (AvgIpc) is 2.36. The fourth-order valence-electron chi connectivity index (χ4n) is 2.29. The lowest BCUT2D eigenvalue weighted by Gasteiger charge is -2.17. The molecule has 0 atom stereocenters. The molecule has 0 N–H and O–H groups in total. The molecule has 3 aromatic rings. The Labute approximate surface area is 94.0 Å². The number of hydrogen-bond donors (Lipinski definition) is 0. The minimum Gasteiger partial charge on any atom is -0.872 e. The predicted octanol–water partition coefficient (Wildman–Crippen LogP) is 3.38. The minimum absolute atomic E-state index is 0.148. The zero-order valence-electron chi connectivity index (χ0n) is 9.03. The van der Waals surface area contributed by atoms with Crippen LogP contribution in [0.5, 0.6) is 5.75 Å². The standard InChI is InChI=1S/C15H12O/c1-10-11-6-2-3-7-12(11)13-8-4-5-9-14(13)15(10)16/h2-9,16H,1H3/p-1. The normalized spacial score (nSPS) is 11.1. The zero-order valence-corrected chi connectivity index (χ0v) is 9.03. The first kappa shape index (κ1) is 9.22. The van der Waals surface area contributed by atoms with Crippen LogP contribution in [0.1, 0.15) is 5.56 Å². The van der Waals surface area contributed by atoms with Gasteiger partial charge in [-0.05, 0) is 28.5 Å². The van der Waals surface area contributed by atoms with E-state index in [1.165, 1.54) is 0 Å². The van der Waals surface area contributed by atoms with E-state index in [0.717, 1.165) is 27.1 Å². The van der Waals surface area contributed by atoms with Gasteiger partial charge in [0.2, 0.25) is 0 Å². The van der Waals surface area contributed by atoms with Crippen LogP contribution in [0, 0.1) is 6.92 Å². The van der Waals surface area contributed by atoms with Crippen molar-refractivity contribution in [1.82, 2.24) is 0 Å². The molecule has 0 aliphatic heterocycles. The van der Waals surface area contributed by atoms with Gasteiger partial charge in [-0.3, -0.25) is 0 Å². The van der Waals surface area contributed by atoms with E-state index in [0.29, 0.717) is 0 Å². The van der Waals surface area contributed by atoms with Crippen molar-refractivity contribution in [2.24, 2.45) is 0 Å². The highest BCUT2D eigenvalue weighted by Crippen LogP contribution is 2.34. The SMILES string of the molecule is Cc1c([O-])c2ccccc2c2ccccc12. The molecule has 1 nitrogen and oxygen atoms in total. The summed E-state index contributed by atoms with van der Waals surface area (Å²) in [6.07, 6.45) is 0. The summed E-state index contributed by atoms with van der Waals surface area (Å²) >= 11 is 0. The van der Waals surface area contributed by atoms with Crippen LogP contribution in [-0.4, -0.2) is 0 Å². The smallest absolute Gasteiger partial charge is 0.0103 e. The van der Waals surface area contributed by atoms with Gasteiger partial charge in [0.15, 0.2) is 0 Å². The van der Waals surface area contributed by atoms with Gasteiger partial charge >= 0.3 is 0 Å². The van der Waals surface area contributed by atoms with Gasteiger partial charge in [-0.1, -0.05) is 59.8 Å². The molecule has 0 aliphatic carbocycles. The summed E-state index contributed by atoms with van der Waals surface area (Å²) in [6, 6.07) is 15.9. The Balaban J connectivity index is 2.69. The molecule has 3 aromatic carbocycles. The van der Waals surface area contributed by atoms with Crippen molar-refractivity contribution < 1.29 is 5.11 Å². The molecule has 0 fully saturated rings. The molecule has 0 heterocycles. The summed E-state index contributed by atoms with van der Waals surface area (Å²) in [7, 11) is 0. The van der Waals surface area contributed by atoms with Crippen molar-refractivity contribution in [3.8, 4) is 5.75 Å². The average molecular weight is 207 g/mol. The van der Waals surface area contributed by atoms with Gasteiger partial charge in [-0.25, -0.2) is 0 Å². The van der Waals surface area contributed by atoms with Gasteiger partial charge in [-0.15, -0.1) is 0 Å². The molecule has 0 amide bonds. The summed E-state index contributed by atoms with van der Waals surface area (Å²) in [6.45, 7) is 1.90. The Bertz CT molecular complexity index is 623. The summed E-state index contributed by atoms with van der Waals surface area (Å²) in [5.41, 5.74) is 0.842. The Kier molecular flexibility index (Phi) is 1.87. The second kappa shape index (κ2) is 3.24. The number of benzene rings is 3. The number of rotatable bonds is 0. The third kappa shape index (κ3) is 1.12. The van der Waals surface area contributed by atoms with Crippen LogP contribution in [0.25, 0.3) is 21.5 Å². The highest BCUT2D eigenvalue weighted by molar-refractivity contribution is 6.11. The maximum atomic E-state index is 12.1. The van der Waals surface area contributed by atoms with Gasteiger partial charge in [0, 0.05) is 0 Å². The van der Waals surface area contributed by atoms with E-state index in [1.807, 2.05) is 49.4 Å². The molecule has 0 spiro atoms. The van der Waals surface area contributed by atoms with Crippen molar-refractivity contribution in [3.63, 3.8) is 0 Å². The monoisotopic (exact) mass is 207 g/mol. The first-order valence-corrected chi connectivity index (χ1v) is 5.36. The number of hydrogen-bond acceptors (Lipinski definition) is 1. The molecule has 3 rings (SSSR count). The quantitative estimate of drug-likeness (QED) is 0.518. The van der Waals surface area contributed by atoms with Crippen molar-refractivity contribution in [1.29, 1.82) is 0 Å². The van der Waals surface area contributed by atoms with Gasteiger partial charge in [-0.2, -0.15) is 0 Å². The summed E-state index contributed by atoms with van der Waals surface area (Å²) in [5, 5.41) is 16.2. The Hall–Kier alpha value is -2.02. The van der Waals surface area contributed by atoms with Gasteiger partial charge in [0.1, 0.15) is 0 Å². The summed E-state index contributed by atoms with van der Waals surface area (Å²) in [4.78, 5) is 0. The number of aryl methyl sites for hydroxylation is 1. The maximum absolute atomic E-state index is 12.1. The van der Waals surface area contributed by atoms with E-state index in [9.17, 15) is 5.11 Å². The van der Waals surface area contributed by atoms with Crippen LogP contribution in [0.15, 0.2) is 48.5 Å². The lowest BCUT2D eigenvalue weighted by molar-refractivity contribution is -0.266. The van der Waals surface area contributed by atoms with Gasteiger partial charge in [0.05, 0.1) is 0 Å². The van der Waals surface area contributed by atoms with E-state index in [4.69, 9.17) is 0 Å². The lowest BCUT2D eigenvalue weighted by atomic mass is 9.97. The molecule has 1 heteroatoms. The first-order valence-electron chi connectivity index (χ1n) is 5.36. The molecule has 78 valence electrons. The highest BCUT2D eigenvalue weighted by Gasteiger charge is 2.03. The molecule has 0 radical (unpaired) electrons. The van der Waals surface area contributed by atoms with Crippen LogP contribution >= 0.6 is 0 Å². The lowest BCUT2D eigenvalue weighted by Crippen LogP contribution is -1.96. The molecular weight excluding hydrogens is 196 g/mol. The van der Waals surface area contributed by atoms with E-state index in [2.05, 4.69) is 6.07 Å². The molecule has 0 saturated carbocycles. The molecule has 16 heavy (non-hydrogen) atoms. The molecule has 0 aliphatic rings. The van der Waals surface area contributed by atoms with Crippen molar-refractivity contribution >= 4 is 21.5 Å². The maximum Gasteiger partial charge on any atom is -0.0103 e. The Morgan fingerprint density at radius 3 is 1.75 bits per heavy atom. The topological polar surface area (TPSA) is 23.1 Å². The molecule has 0 bridgehead atoms. The Morgan fingerprint density at radius 1 is 0.688 bits per heavy atom. The van der Waals surface area contributed by atoms with E-state index < -0.39 is 0 Å². The third-order valence-electron chi connectivity index (χ3n) is 3.13. The Morgan fingerprint density at radius 2 is 1.12 bits per heavy atom. The van der Waals surface area contributed by atoms with E-state index in [-0.39, 0.29) is 5.75 Å². The van der Waals surface area contributed by atoms with Gasteiger partial charge in [0.25, 0.3) is 0 Å². The fraction of sp³-hybridized carbons (Fsp3) is 0.0667.